The highest BCUT2D eigenvalue weighted by Gasteiger charge is 2.14. The van der Waals surface area contributed by atoms with Gasteiger partial charge in [-0.25, -0.2) is 0 Å². The molecule has 0 aliphatic heterocycles. The Hall–Kier alpha value is -0.390. The molecule has 2 aromatic rings. The lowest BCUT2D eigenvalue weighted by atomic mass is 10.2. The zero-order valence-corrected chi connectivity index (χ0v) is 12.9. The Morgan fingerprint density at radius 3 is 2.88 bits per heavy atom. The molecule has 2 nitrogen and oxygen atoms in total. The Morgan fingerprint density at radius 1 is 1.47 bits per heavy atom. The highest BCUT2D eigenvalue weighted by molar-refractivity contribution is 9.09. The molecule has 1 N–H and O–H groups in total. The minimum Gasteiger partial charge on any atom is -0.349 e. The van der Waals surface area contributed by atoms with Crippen LogP contribution in [0.3, 0.4) is 0 Å². The van der Waals surface area contributed by atoms with Gasteiger partial charge < -0.3 is 5.32 Å². The van der Waals surface area contributed by atoms with Crippen LogP contribution < -0.4 is 5.32 Å². The summed E-state index contributed by atoms with van der Waals surface area (Å²) in [6.45, 7) is 4.12. The molecular weight excluding hydrogens is 318 g/mol. The van der Waals surface area contributed by atoms with Gasteiger partial charge in [-0.3, -0.25) is 4.79 Å². The molecule has 0 spiro atoms. The number of carbonyl (C=O) groups is 1. The first-order valence-corrected chi connectivity index (χ1v) is 8.09. The molecule has 2 atom stereocenters. The largest absolute Gasteiger partial charge is 0.349 e. The van der Waals surface area contributed by atoms with E-state index in [1.165, 1.54) is 9.40 Å². The maximum atomic E-state index is 12.0. The van der Waals surface area contributed by atoms with Gasteiger partial charge in [0.15, 0.2) is 0 Å². The molecule has 0 radical (unpaired) electrons. The van der Waals surface area contributed by atoms with E-state index in [4.69, 9.17) is 0 Å². The number of alkyl halides is 1. The monoisotopic (exact) mass is 331 g/mol. The molecule has 0 fully saturated rings. The SMILES string of the molecule is CC(Br)CC(C)NC(=O)c1cc2sccc2s1. The maximum absolute atomic E-state index is 12.0. The van der Waals surface area contributed by atoms with Gasteiger partial charge >= 0.3 is 0 Å². The van der Waals surface area contributed by atoms with Crippen molar-refractivity contribution in [2.75, 3.05) is 0 Å². The normalized spacial score (nSPS) is 14.8. The van der Waals surface area contributed by atoms with Crippen LogP contribution in [0.1, 0.15) is 29.9 Å². The number of rotatable bonds is 4. The first-order valence-electron chi connectivity index (χ1n) is 5.48. The molecule has 0 saturated heterocycles. The van der Waals surface area contributed by atoms with Gasteiger partial charge in [-0.15, -0.1) is 22.7 Å². The minimum absolute atomic E-state index is 0.0408. The number of hydrogen-bond donors (Lipinski definition) is 1. The van der Waals surface area contributed by atoms with Crippen LogP contribution in [-0.2, 0) is 0 Å². The lowest BCUT2D eigenvalue weighted by Gasteiger charge is -2.14. The molecule has 1 amide bonds. The molecule has 17 heavy (non-hydrogen) atoms. The standard InChI is InChI=1S/C12H14BrNOS2/c1-7(13)5-8(2)14-12(15)11-6-10-9(17-11)3-4-16-10/h3-4,6-8H,5H2,1-2H3,(H,14,15). The van der Waals surface area contributed by atoms with Crippen molar-refractivity contribution in [3.63, 3.8) is 0 Å². The van der Waals surface area contributed by atoms with E-state index in [-0.39, 0.29) is 11.9 Å². The number of thiophene rings is 2. The number of carbonyl (C=O) groups excluding carboxylic acids is 1. The summed E-state index contributed by atoms with van der Waals surface area (Å²) < 4.78 is 2.39. The molecule has 2 unspecified atom stereocenters. The van der Waals surface area contributed by atoms with Crippen LogP contribution in [0.2, 0.25) is 0 Å². The Morgan fingerprint density at radius 2 is 2.24 bits per heavy atom. The molecule has 0 bridgehead atoms. The van der Waals surface area contributed by atoms with Crippen molar-refractivity contribution in [1.29, 1.82) is 0 Å². The predicted molar refractivity (Wildman–Crippen MR) is 79.6 cm³/mol. The summed E-state index contributed by atoms with van der Waals surface area (Å²) in [5.41, 5.74) is 0. The van der Waals surface area contributed by atoms with E-state index in [0.717, 1.165) is 11.3 Å². The van der Waals surface area contributed by atoms with E-state index in [0.29, 0.717) is 4.83 Å². The van der Waals surface area contributed by atoms with Crippen LogP contribution >= 0.6 is 38.6 Å². The Bertz CT molecular complexity index is 489. The Balaban J connectivity index is 2.02. The van der Waals surface area contributed by atoms with Gasteiger partial charge in [0.25, 0.3) is 5.91 Å². The van der Waals surface area contributed by atoms with Crippen molar-refractivity contribution in [3.8, 4) is 0 Å². The third kappa shape index (κ3) is 3.30. The molecule has 5 heteroatoms. The zero-order valence-electron chi connectivity index (χ0n) is 9.70. The first-order chi connectivity index (χ1) is 8.06. The summed E-state index contributed by atoms with van der Waals surface area (Å²) in [4.78, 5) is 13.2. The summed E-state index contributed by atoms with van der Waals surface area (Å²) in [5.74, 6) is 0.0408. The van der Waals surface area contributed by atoms with E-state index >= 15 is 0 Å². The molecule has 2 rings (SSSR count). The third-order valence-corrected chi connectivity index (χ3v) is 4.88. The van der Waals surface area contributed by atoms with Crippen molar-refractivity contribution >= 4 is 53.9 Å². The molecule has 92 valence electrons. The van der Waals surface area contributed by atoms with E-state index in [2.05, 4.69) is 39.6 Å². The molecule has 0 saturated carbocycles. The minimum atomic E-state index is 0.0408. The van der Waals surface area contributed by atoms with Gasteiger partial charge in [-0.05, 0) is 30.9 Å². The van der Waals surface area contributed by atoms with Gasteiger partial charge in [-0.1, -0.05) is 22.9 Å². The first kappa shape index (κ1) is 13.1. The fourth-order valence-electron chi connectivity index (χ4n) is 1.72. The highest BCUT2D eigenvalue weighted by atomic mass is 79.9. The van der Waals surface area contributed by atoms with Crippen LogP contribution in [0.5, 0.6) is 0 Å². The van der Waals surface area contributed by atoms with Gasteiger partial charge in [-0.2, -0.15) is 0 Å². The van der Waals surface area contributed by atoms with E-state index in [9.17, 15) is 4.79 Å². The second kappa shape index (κ2) is 5.50. The van der Waals surface area contributed by atoms with Crippen LogP contribution in [-0.4, -0.2) is 16.8 Å². The van der Waals surface area contributed by atoms with Crippen molar-refractivity contribution in [3.05, 3.63) is 22.4 Å². The Kier molecular flexibility index (Phi) is 4.22. The summed E-state index contributed by atoms with van der Waals surface area (Å²) in [6, 6.07) is 4.23. The third-order valence-electron chi connectivity index (χ3n) is 2.42. The topological polar surface area (TPSA) is 29.1 Å². The van der Waals surface area contributed by atoms with Crippen LogP contribution in [0.25, 0.3) is 9.40 Å². The van der Waals surface area contributed by atoms with Gasteiger partial charge in [0.05, 0.1) is 4.88 Å². The molecular formula is C12H14BrNOS2. The quantitative estimate of drug-likeness (QED) is 0.833. The highest BCUT2D eigenvalue weighted by Crippen LogP contribution is 2.29. The average molecular weight is 332 g/mol. The van der Waals surface area contributed by atoms with Crippen molar-refractivity contribution in [2.45, 2.75) is 31.1 Å². The number of amides is 1. The summed E-state index contributed by atoms with van der Waals surface area (Å²) in [5, 5.41) is 5.08. The van der Waals surface area contributed by atoms with Crippen molar-refractivity contribution in [1.82, 2.24) is 5.32 Å². The van der Waals surface area contributed by atoms with Crippen molar-refractivity contribution < 1.29 is 4.79 Å². The van der Waals surface area contributed by atoms with Crippen LogP contribution in [0.4, 0.5) is 0 Å². The number of halogens is 1. The van der Waals surface area contributed by atoms with Crippen LogP contribution in [0.15, 0.2) is 17.5 Å². The lowest BCUT2D eigenvalue weighted by molar-refractivity contribution is 0.0943. The molecule has 0 aliphatic carbocycles. The number of fused-ring (bicyclic) bond motifs is 1. The smallest absolute Gasteiger partial charge is 0.261 e. The fraction of sp³-hybridized carbons (Fsp3) is 0.417. The number of nitrogens with one attached hydrogen (secondary N) is 1. The van der Waals surface area contributed by atoms with Gasteiger partial charge in [0.1, 0.15) is 0 Å². The summed E-state index contributed by atoms with van der Waals surface area (Å²) in [6.07, 6.45) is 0.936. The van der Waals surface area contributed by atoms with Crippen LogP contribution in [0, 0.1) is 0 Å². The predicted octanol–water partition coefficient (Wildman–Crippen LogP) is 4.25. The fourth-order valence-corrected chi connectivity index (χ4v) is 4.29. The summed E-state index contributed by atoms with van der Waals surface area (Å²) >= 11 is 6.73. The summed E-state index contributed by atoms with van der Waals surface area (Å²) in [7, 11) is 0. The van der Waals surface area contributed by atoms with E-state index in [1.54, 1.807) is 22.7 Å². The lowest BCUT2D eigenvalue weighted by Crippen LogP contribution is -2.33. The second-order valence-corrected chi connectivity index (χ2v) is 7.75. The molecule has 0 aromatic carbocycles. The van der Waals surface area contributed by atoms with E-state index in [1.807, 2.05) is 13.0 Å². The molecule has 2 heterocycles. The average Bonchev–Trinajstić information content (AvgIpc) is 2.73. The maximum Gasteiger partial charge on any atom is 0.261 e. The molecule has 0 aliphatic rings. The second-order valence-electron chi connectivity index (χ2n) is 4.15. The van der Waals surface area contributed by atoms with Gasteiger partial charge in [0, 0.05) is 20.3 Å². The zero-order chi connectivity index (χ0) is 12.4. The van der Waals surface area contributed by atoms with Gasteiger partial charge in [0.2, 0.25) is 0 Å². The number of hydrogen-bond acceptors (Lipinski definition) is 3. The Labute approximate surface area is 117 Å². The molecule has 2 aromatic heterocycles. The van der Waals surface area contributed by atoms with Crippen molar-refractivity contribution in [2.24, 2.45) is 0 Å². The van der Waals surface area contributed by atoms with E-state index < -0.39 is 0 Å².